The molecule has 1 fully saturated rings. The fourth-order valence-corrected chi connectivity index (χ4v) is 4.20. The lowest BCUT2D eigenvalue weighted by Gasteiger charge is -2.25. The second-order valence-electron chi connectivity index (χ2n) is 6.43. The molecule has 0 saturated carbocycles. The Bertz CT molecular complexity index is 1020. The summed E-state index contributed by atoms with van der Waals surface area (Å²) in [6.07, 6.45) is 4.89. The van der Waals surface area contributed by atoms with Gasteiger partial charge in [-0.3, -0.25) is 14.2 Å². The van der Waals surface area contributed by atoms with Crippen LogP contribution >= 0.6 is 22.9 Å². The molecule has 0 bridgehead atoms. The van der Waals surface area contributed by atoms with E-state index in [0.29, 0.717) is 21.1 Å². The van der Waals surface area contributed by atoms with Crippen molar-refractivity contribution in [3.05, 3.63) is 46.0 Å². The smallest absolute Gasteiger partial charge is 0.273 e. The van der Waals surface area contributed by atoms with Crippen LogP contribution in [0.1, 0.15) is 19.3 Å². The molecule has 9 heteroatoms. The van der Waals surface area contributed by atoms with Crippen molar-refractivity contribution >= 4 is 50.0 Å². The standard InChI is InChI=1S/C18H18ClN5O2S/c19-12-4-6-13(7-5-12)21-14(25)10-24-11-20-16-15(17(24)26)27-18(22-16)23-8-2-1-3-9-23/h4-7,11H,1-3,8-10H2,(H,21,25). The van der Waals surface area contributed by atoms with Crippen LogP contribution in [0.5, 0.6) is 0 Å². The Morgan fingerprint density at radius 3 is 2.67 bits per heavy atom. The van der Waals surface area contributed by atoms with E-state index in [0.717, 1.165) is 31.1 Å². The van der Waals surface area contributed by atoms with Crippen molar-refractivity contribution in [3.8, 4) is 0 Å². The quantitative estimate of drug-likeness (QED) is 0.723. The van der Waals surface area contributed by atoms with Crippen LogP contribution in [0.15, 0.2) is 35.4 Å². The van der Waals surface area contributed by atoms with Crippen LogP contribution in [0, 0.1) is 0 Å². The number of benzene rings is 1. The van der Waals surface area contributed by atoms with Crippen molar-refractivity contribution in [2.45, 2.75) is 25.8 Å². The summed E-state index contributed by atoms with van der Waals surface area (Å²) in [5, 5.41) is 4.17. The van der Waals surface area contributed by atoms with Gasteiger partial charge in [0.05, 0.1) is 0 Å². The Kier molecular flexibility index (Phi) is 5.09. The Morgan fingerprint density at radius 1 is 1.19 bits per heavy atom. The van der Waals surface area contributed by atoms with Gasteiger partial charge in [0.2, 0.25) is 5.91 Å². The molecule has 3 heterocycles. The zero-order chi connectivity index (χ0) is 18.8. The average Bonchev–Trinajstić information content (AvgIpc) is 3.12. The summed E-state index contributed by atoms with van der Waals surface area (Å²) in [5.41, 5.74) is 0.823. The minimum absolute atomic E-state index is 0.110. The number of carbonyl (C=O) groups excluding carboxylic acids is 1. The van der Waals surface area contributed by atoms with E-state index in [1.54, 1.807) is 24.3 Å². The number of hydrogen-bond donors (Lipinski definition) is 1. The number of nitrogens with zero attached hydrogens (tertiary/aromatic N) is 4. The molecule has 0 aliphatic carbocycles. The second-order valence-corrected chi connectivity index (χ2v) is 7.84. The lowest BCUT2D eigenvalue weighted by Crippen LogP contribution is -2.29. The predicted molar refractivity (Wildman–Crippen MR) is 108 cm³/mol. The van der Waals surface area contributed by atoms with Crippen molar-refractivity contribution in [1.82, 2.24) is 14.5 Å². The van der Waals surface area contributed by atoms with Gasteiger partial charge < -0.3 is 10.2 Å². The molecule has 1 aliphatic heterocycles. The molecule has 3 aromatic rings. The Balaban J connectivity index is 1.53. The third-order valence-corrected chi connectivity index (χ3v) is 5.79. The number of carbonyl (C=O) groups is 1. The summed E-state index contributed by atoms with van der Waals surface area (Å²) in [5.74, 6) is -0.304. The van der Waals surface area contributed by atoms with E-state index in [1.807, 2.05) is 0 Å². The minimum atomic E-state index is -0.304. The van der Waals surface area contributed by atoms with Gasteiger partial charge in [0.15, 0.2) is 10.8 Å². The molecule has 1 aliphatic rings. The van der Waals surface area contributed by atoms with E-state index in [2.05, 4.69) is 20.2 Å². The van der Waals surface area contributed by atoms with Crippen molar-refractivity contribution in [2.75, 3.05) is 23.3 Å². The van der Waals surface area contributed by atoms with Crippen LogP contribution < -0.4 is 15.8 Å². The summed E-state index contributed by atoms with van der Waals surface area (Å²) < 4.78 is 1.79. The normalized spacial score (nSPS) is 14.5. The Hall–Kier alpha value is -2.45. The van der Waals surface area contributed by atoms with Gasteiger partial charge in [-0.1, -0.05) is 22.9 Å². The monoisotopic (exact) mass is 403 g/mol. The number of piperidine rings is 1. The molecule has 140 valence electrons. The number of fused-ring (bicyclic) bond motifs is 1. The first-order valence-corrected chi connectivity index (χ1v) is 9.96. The average molecular weight is 404 g/mol. The van der Waals surface area contributed by atoms with Crippen LogP contribution in [0.3, 0.4) is 0 Å². The molecule has 7 nitrogen and oxygen atoms in total. The van der Waals surface area contributed by atoms with E-state index in [-0.39, 0.29) is 18.0 Å². The molecule has 0 unspecified atom stereocenters. The van der Waals surface area contributed by atoms with Crippen molar-refractivity contribution in [3.63, 3.8) is 0 Å². The van der Waals surface area contributed by atoms with Gasteiger partial charge in [-0.25, -0.2) is 4.98 Å². The lowest BCUT2D eigenvalue weighted by molar-refractivity contribution is -0.116. The molecule has 0 spiro atoms. The fraction of sp³-hybridized carbons (Fsp3) is 0.333. The maximum absolute atomic E-state index is 12.7. The third kappa shape index (κ3) is 3.96. The van der Waals surface area contributed by atoms with Gasteiger partial charge in [0.1, 0.15) is 17.6 Å². The number of nitrogens with one attached hydrogen (secondary N) is 1. The van der Waals surface area contributed by atoms with Gasteiger partial charge in [-0.2, -0.15) is 4.98 Å². The van der Waals surface area contributed by atoms with Gasteiger partial charge in [-0.15, -0.1) is 0 Å². The van der Waals surface area contributed by atoms with Crippen LogP contribution in [0.25, 0.3) is 10.3 Å². The summed E-state index contributed by atoms with van der Waals surface area (Å²) in [7, 11) is 0. The fourth-order valence-electron chi connectivity index (χ4n) is 3.06. The molecular weight excluding hydrogens is 386 g/mol. The van der Waals surface area contributed by atoms with Crippen molar-refractivity contribution in [1.29, 1.82) is 0 Å². The van der Waals surface area contributed by atoms with E-state index in [4.69, 9.17) is 11.6 Å². The first kappa shape index (κ1) is 17.9. The maximum atomic E-state index is 12.7. The molecule has 4 rings (SSSR count). The van der Waals surface area contributed by atoms with Crippen LogP contribution in [-0.2, 0) is 11.3 Å². The van der Waals surface area contributed by atoms with Crippen molar-refractivity contribution < 1.29 is 4.79 Å². The van der Waals surface area contributed by atoms with E-state index >= 15 is 0 Å². The lowest BCUT2D eigenvalue weighted by atomic mass is 10.1. The van der Waals surface area contributed by atoms with Crippen molar-refractivity contribution in [2.24, 2.45) is 0 Å². The number of aromatic nitrogens is 3. The molecule has 1 N–H and O–H groups in total. The molecular formula is C18H18ClN5O2S. The molecule has 0 atom stereocenters. The predicted octanol–water partition coefficient (Wildman–Crippen LogP) is 3.14. The number of anilines is 2. The topological polar surface area (TPSA) is 80.1 Å². The second kappa shape index (κ2) is 7.66. The molecule has 1 amide bonds. The number of amides is 1. The summed E-state index contributed by atoms with van der Waals surface area (Å²) in [6, 6.07) is 6.80. The zero-order valence-corrected chi connectivity index (χ0v) is 16.1. The van der Waals surface area contributed by atoms with Crippen LogP contribution in [0.4, 0.5) is 10.8 Å². The van der Waals surface area contributed by atoms with Crippen LogP contribution in [-0.4, -0.2) is 33.5 Å². The van der Waals surface area contributed by atoms with E-state index in [1.165, 1.54) is 28.7 Å². The summed E-state index contributed by atoms with van der Waals surface area (Å²) in [4.78, 5) is 36.0. The van der Waals surface area contributed by atoms with Crippen LogP contribution in [0.2, 0.25) is 5.02 Å². The first-order valence-electron chi connectivity index (χ1n) is 8.76. The largest absolute Gasteiger partial charge is 0.348 e. The van der Waals surface area contributed by atoms with E-state index < -0.39 is 0 Å². The van der Waals surface area contributed by atoms with Gasteiger partial charge >= 0.3 is 0 Å². The SMILES string of the molecule is O=C(Cn1cnc2nc(N3CCCCC3)sc2c1=O)Nc1ccc(Cl)cc1. The van der Waals surface area contributed by atoms with Gasteiger partial charge in [-0.05, 0) is 43.5 Å². The zero-order valence-electron chi connectivity index (χ0n) is 14.5. The minimum Gasteiger partial charge on any atom is -0.348 e. The highest BCUT2D eigenvalue weighted by atomic mass is 35.5. The number of thiazole rings is 1. The first-order chi connectivity index (χ1) is 13.1. The number of hydrogen-bond acceptors (Lipinski definition) is 6. The highest BCUT2D eigenvalue weighted by molar-refractivity contribution is 7.22. The maximum Gasteiger partial charge on any atom is 0.273 e. The van der Waals surface area contributed by atoms with Gasteiger partial charge in [0.25, 0.3) is 5.56 Å². The molecule has 1 saturated heterocycles. The Morgan fingerprint density at radius 2 is 1.93 bits per heavy atom. The van der Waals surface area contributed by atoms with Gasteiger partial charge in [0, 0.05) is 23.8 Å². The Labute approximate surface area is 164 Å². The third-order valence-electron chi connectivity index (χ3n) is 4.44. The molecule has 1 aromatic carbocycles. The summed E-state index contributed by atoms with van der Waals surface area (Å²) in [6.45, 7) is 1.80. The molecule has 0 radical (unpaired) electrons. The summed E-state index contributed by atoms with van der Waals surface area (Å²) >= 11 is 7.19. The molecule has 2 aromatic heterocycles. The van der Waals surface area contributed by atoms with E-state index in [9.17, 15) is 9.59 Å². The number of halogens is 1. The highest BCUT2D eigenvalue weighted by Crippen LogP contribution is 2.27. The molecule has 27 heavy (non-hydrogen) atoms. The highest BCUT2D eigenvalue weighted by Gasteiger charge is 2.18. The number of rotatable bonds is 4.